The zero-order chi connectivity index (χ0) is 30.0. The Kier molecular flexibility index (Phi) is 9.72. The number of carbonyl (C=O) groups excluding carboxylic acids is 1. The molecule has 0 aromatic carbocycles. The summed E-state index contributed by atoms with van der Waals surface area (Å²) in [5.41, 5.74) is -2.36. The molecular weight excluding hydrogens is 585 g/mol. The number of amides is 1. The van der Waals surface area contributed by atoms with Crippen LogP contribution in [0.15, 0.2) is 12.3 Å². The molecule has 1 aliphatic carbocycles. The van der Waals surface area contributed by atoms with E-state index in [1.165, 1.54) is 0 Å². The van der Waals surface area contributed by atoms with Gasteiger partial charge in [-0.25, -0.2) is 23.5 Å². The summed E-state index contributed by atoms with van der Waals surface area (Å²) < 4.78 is 95.5. The fourth-order valence-corrected chi connectivity index (χ4v) is 5.80. The van der Waals surface area contributed by atoms with Crippen molar-refractivity contribution < 1.29 is 39.9 Å². The molecule has 0 unspecified atom stereocenters. The smallest absolute Gasteiger partial charge is 0.394 e. The molecule has 3 rings (SSSR count). The number of hydrogen-bond acceptors (Lipinski definition) is 6. The van der Waals surface area contributed by atoms with Crippen LogP contribution >= 0.6 is 11.6 Å². The Balaban J connectivity index is 1.86. The molecule has 3 N–H and O–H groups in total. The normalized spacial score (nSPS) is 18.7. The molecule has 0 saturated heterocycles. The Labute approximate surface area is 233 Å². The number of rotatable bonds is 10. The average Bonchev–Trinajstić information content (AvgIpc) is 3.17. The highest BCUT2D eigenvalue weighted by Crippen LogP contribution is 2.41. The molecule has 1 fully saturated rings. The summed E-state index contributed by atoms with van der Waals surface area (Å²) in [6.45, 7) is 0.545. The SMILES string of the molecule is CCc1nc(C(=O)NC[C@H]2CC[C@H](S(N)(=O)=O)CC2)c(Cl)n1-c1ncc(CC(C)(C)C(F)(F)F)cc1OC(F)F. The Morgan fingerprint density at radius 2 is 1.88 bits per heavy atom. The number of hydrogen-bond donors (Lipinski definition) is 2. The third-order valence-electron chi connectivity index (χ3n) is 6.96. The van der Waals surface area contributed by atoms with Crippen molar-refractivity contribution in [3.8, 4) is 11.6 Å². The summed E-state index contributed by atoms with van der Waals surface area (Å²) in [4.78, 5) is 21.3. The average molecular weight is 616 g/mol. The van der Waals surface area contributed by atoms with Crippen molar-refractivity contribution in [1.82, 2.24) is 19.9 Å². The van der Waals surface area contributed by atoms with Gasteiger partial charge in [0.1, 0.15) is 11.0 Å². The molecule has 2 aromatic heterocycles. The first-order valence-electron chi connectivity index (χ1n) is 12.5. The van der Waals surface area contributed by atoms with Gasteiger partial charge in [0.2, 0.25) is 10.0 Å². The van der Waals surface area contributed by atoms with E-state index in [9.17, 15) is 35.2 Å². The zero-order valence-corrected chi connectivity index (χ0v) is 23.6. The molecule has 224 valence electrons. The second kappa shape index (κ2) is 12.1. The van der Waals surface area contributed by atoms with Gasteiger partial charge in [0.05, 0.1) is 10.7 Å². The molecule has 2 aromatic rings. The molecular formula is C24H31ClF5N5O4S. The van der Waals surface area contributed by atoms with Crippen molar-refractivity contribution >= 4 is 27.5 Å². The molecule has 40 heavy (non-hydrogen) atoms. The molecule has 0 radical (unpaired) electrons. The number of ether oxygens (including phenoxy) is 1. The third kappa shape index (κ3) is 7.40. The van der Waals surface area contributed by atoms with E-state index in [1.54, 1.807) is 6.92 Å². The maximum atomic E-state index is 13.4. The van der Waals surface area contributed by atoms with Crippen LogP contribution in [0.2, 0.25) is 5.15 Å². The summed E-state index contributed by atoms with van der Waals surface area (Å²) in [6, 6.07) is 1.04. The van der Waals surface area contributed by atoms with Crippen LogP contribution in [-0.2, 0) is 22.9 Å². The van der Waals surface area contributed by atoms with Crippen LogP contribution in [-0.4, -0.2) is 53.4 Å². The second-order valence-electron chi connectivity index (χ2n) is 10.4. The first-order valence-corrected chi connectivity index (χ1v) is 14.5. The molecule has 0 spiro atoms. The molecule has 2 heterocycles. The highest BCUT2D eigenvalue weighted by atomic mass is 35.5. The maximum absolute atomic E-state index is 13.4. The molecule has 16 heteroatoms. The van der Waals surface area contributed by atoms with Crippen molar-refractivity contribution in [2.45, 2.75) is 77.3 Å². The molecule has 0 aliphatic heterocycles. The minimum absolute atomic E-state index is 0.00568. The summed E-state index contributed by atoms with van der Waals surface area (Å²) >= 11 is 6.47. The van der Waals surface area contributed by atoms with E-state index in [0.29, 0.717) is 25.7 Å². The monoisotopic (exact) mass is 615 g/mol. The molecule has 1 saturated carbocycles. The first-order chi connectivity index (χ1) is 18.4. The highest BCUT2D eigenvalue weighted by Gasteiger charge is 2.47. The molecule has 0 atom stereocenters. The number of sulfonamides is 1. The van der Waals surface area contributed by atoms with Crippen LogP contribution in [0.1, 0.15) is 68.3 Å². The minimum Gasteiger partial charge on any atom is -0.431 e. The lowest BCUT2D eigenvalue weighted by atomic mass is 9.85. The van der Waals surface area contributed by atoms with Crippen LogP contribution in [0.3, 0.4) is 0 Å². The molecule has 9 nitrogen and oxygen atoms in total. The number of aromatic nitrogens is 3. The molecule has 0 bridgehead atoms. The topological polar surface area (TPSA) is 129 Å². The van der Waals surface area contributed by atoms with E-state index in [2.05, 4.69) is 20.0 Å². The van der Waals surface area contributed by atoms with Gasteiger partial charge < -0.3 is 10.1 Å². The summed E-state index contributed by atoms with van der Waals surface area (Å²) in [7, 11) is -3.62. The number of primary sulfonamides is 1. The maximum Gasteiger partial charge on any atom is 0.394 e. The number of imidazole rings is 1. The number of nitrogens with zero attached hydrogens (tertiary/aromatic N) is 3. The Morgan fingerprint density at radius 3 is 2.40 bits per heavy atom. The third-order valence-corrected chi connectivity index (χ3v) is 8.71. The largest absolute Gasteiger partial charge is 0.431 e. The molecule has 1 aliphatic rings. The Bertz CT molecular complexity index is 1330. The van der Waals surface area contributed by atoms with Crippen molar-refractivity contribution in [3.05, 3.63) is 34.5 Å². The number of aryl methyl sites for hydroxylation is 1. The summed E-state index contributed by atoms with van der Waals surface area (Å²) in [5.74, 6) is -1.25. The van der Waals surface area contributed by atoms with Crippen molar-refractivity contribution in [2.75, 3.05) is 6.54 Å². The lowest BCUT2D eigenvalue weighted by molar-refractivity contribution is -0.211. The number of nitrogens with one attached hydrogen (secondary N) is 1. The minimum atomic E-state index is -4.55. The lowest BCUT2D eigenvalue weighted by Gasteiger charge is -2.28. The van der Waals surface area contributed by atoms with Crippen LogP contribution < -0.4 is 15.2 Å². The van der Waals surface area contributed by atoms with Gasteiger partial charge in [-0.15, -0.1) is 0 Å². The van der Waals surface area contributed by atoms with E-state index in [4.69, 9.17) is 16.7 Å². The van der Waals surface area contributed by atoms with E-state index in [1.807, 2.05) is 0 Å². The number of halogens is 6. The standard InChI is InChI=1S/C24H31ClF5N5O4S/c1-4-17-34-18(21(36)33-11-13-5-7-15(8-6-13)40(31,37)38)19(25)35(17)20-16(39-22(26)27)9-14(12-32-20)10-23(2,3)24(28,29)30/h9,12-13,15,22H,4-8,10-11H2,1-3H3,(H,33,36)(H2,31,37,38)/t13-,15-. The Hall–Kier alpha value is -2.52. The lowest BCUT2D eigenvalue weighted by Crippen LogP contribution is -2.36. The van der Waals surface area contributed by atoms with Gasteiger partial charge in [0, 0.05) is 19.2 Å². The second-order valence-corrected chi connectivity index (χ2v) is 12.6. The fraction of sp³-hybridized carbons (Fsp3) is 0.625. The van der Waals surface area contributed by atoms with Crippen LogP contribution in [0.5, 0.6) is 5.75 Å². The van der Waals surface area contributed by atoms with Gasteiger partial charge in [-0.2, -0.15) is 22.0 Å². The number of alkyl halides is 5. The van der Waals surface area contributed by atoms with E-state index < -0.39 is 51.6 Å². The van der Waals surface area contributed by atoms with E-state index >= 15 is 0 Å². The van der Waals surface area contributed by atoms with E-state index in [0.717, 1.165) is 30.7 Å². The number of carbonyl (C=O) groups is 1. The zero-order valence-electron chi connectivity index (χ0n) is 22.1. The predicted molar refractivity (Wildman–Crippen MR) is 137 cm³/mol. The fourth-order valence-electron chi connectivity index (χ4n) is 4.56. The predicted octanol–water partition coefficient (Wildman–Crippen LogP) is 4.79. The van der Waals surface area contributed by atoms with Crippen LogP contribution in [0.25, 0.3) is 5.82 Å². The van der Waals surface area contributed by atoms with Crippen LogP contribution in [0.4, 0.5) is 22.0 Å². The van der Waals surface area contributed by atoms with Gasteiger partial charge in [-0.1, -0.05) is 32.4 Å². The number of pyridine rings is 1. The van der Waals surface area contributed by atoms with Crippen molar-refractivity contribution in [3.63, 3.8) is 0 Å². The summed E-state index contributed by atoms with van der Waals surface area (Å²) in [6.07, 6.45) is -1.96. The van der Waals surface area contributed by atoms with Gasteiger partial charge in [-0.3, -0.25) is 9.36 Å². The van der Waals surface area contributed by atoms with Gasteiger partial charge in [0.15, 0.2) is 17.3 Å². The van der Waals surface area contributed by atoms with Gasteiger partial charge in [-0.05, 0) is 49.7 Å². The first kappa shape index (κ1) is 32.0. The van der Waals surface area contributed by atoms with Crippen LogP contribution in [0, 0.1) is 11.3 Å². The molecule has 1 amide bonds. The van der Waals surface area contributed by atoms with Gasteiger partial charge >= 0.3 is 12.8 Å². The summed E-state index contributed by atoms with van der Waals surface area (Å²) in [5, 5.41) is 7.07. The quantitative estimate of drug-likeness (QED) is 0.370. The Morgan fingerprint density at radius 1 is 1.25 bits per heavy atom. The van der Waals surface area contributed by atoms with Crippen molar-refractivity contribution in [1.29, 1.82) is 0 Å². The van der Waals surface area contributed by atoms with Gasteiger partial charge in [0.25, 0.3) is 5.91 Å². The van der Waals surface area contributed by atoms with E-state index in [-0.39, 0.29) is 46.9 Å². The number of nitrogens with two attached hydrogens (primary N) is 1. The van der Waals surface area contributed by atoms with Crippen molar-refractivity contribution in [2.24, 2.45) is 16.5 Å². The highest BCUT2D eigenvalue weighted by molar-refractivity contribution is 7.89.